The maximum atomic E-state index is 14.7. The molecule has 13 heteroatoms. The number of alkyl halides is 3. The van der Waals surface area contributed by atoms with Crippen LogP contribution >= 0.6 is 0 Å². The van der Waals surface area contributed by atoms with Crippen LogP contribution in [0.15, 0.2) is 40.6 Å². The molecule has 44 heavy (non-hydrogen) atoms. The largest absolute Gasteiger partial charge is 0.418 e. The molecular weight excluding hydrogens is 584 g/mol. The van der Waals surface area contributed by atoms with Crippen molar-refractivity contribution in [2.45, 2.75) is 77.8 Å². The fraction of sp³-hybridized carbons (Fsp3) is 0.452. The van der Waals surface area contributed by atoms with Gasteiger partial charge in [-0.2, -0.15) is 28.8 Å². The van der Waals surface area contributed by atoms with Crippen LogP contribution in [0.3, 0.4) is 0 Å². The summed E-state index contributed by atoms with van der Waals surface area (Å²) in [6.07, 6.45) is 1.22. The number of hydrogen-bond donors (Lipinski definition) is 0. The average Bonchev–Trinajstić information content (AvgIpc) is 3.32. The van der Waals surface area contributed by atoms with E-state index in [0.29, 0.717) is 23.4 Å². The van der Waals surface area contributed by atoms with Crippen LogP contribution in [0.4, 0.5) is 43.5 Å². The predicted octanol–water partition coefficient (Wildman–Crippen LogP) is 9.80. The van der Waals surface area contributed by atoms with Crippen LogP contribution in [-0.2, 0) is 6.18 Å². The lowest BCUT2D eigenvalue weighted by atomic mass is 10.1. The van der Waals surface area contributed by atoms with E-state index in [9.17, 15) is 31.6 Å². The number of anilines is 1. The van der Waals surface area contributed by atoms with Gasteiger partial charge in [-0.1, -0.05) is 52.9 Å². The number of azo groups is 1. The molecule has 0 saturated carbocycles. The molecule has 0 spiro atoms. The van der Waals surface area contributed by atoms with E-state index in [4.69, 9.17) is 5.26 Å². The van der Waals surface area contributed by atoms with Crippen molar-refractivity contribution >= 4 is 17.2 Å². The highest BCUT2D eigenvalue weighted by molar-refractivity contribution is 5.61. The number of rotatable bonds is 14. The number of nitrogens with zero attached hydrogens (tertiary/aromatic N) is 7. The van der Waals surface area contributed by atoms with E-state index in [1.54, 1.807) is 18.7 Å². The summed E-state index contributed by atoms with van der Waals surface area (Å²) in [5, 5.41) is 30.6. The minimum atomic E-state index is -4.86. The van der Waals surface area contributed by atoms with Gasteiger partial charge in [0, 0.05) is 30.9 Å². The van der Waals surface area contributed by atoms with Gasteiger partial charge in [0.05, 0.1) is 29.4 Å². The molecule has 0 amide bonds. The average molecular weight is 618 g/mol. The molecule has 7 nitrogen and oxygen atoms in total. The molecular formula is C31H33F6N7. The minimum absolute atomic E-state index is 0.0683. The maximum absolute atomic E-state index is 14.7. The predicted molar refractivity (Wildman–Crippen MR) is 154 cm³/mol. The zero-order valence-corrected chi connectivity index (χ0v) is 24.7. The second-order valence-electron chi connectivity index (χ2n) is 10.5. The van der Waals surface area contributed by atoms with E-state index in [1.165, 1.54) is 6.07 Å². The zero-order valence-electron chi connectivity index (χ0n) is 24.7. The third-order valence-corrected chi connectivity index (χ3v) is 6.92. The van der Waals surface area contributed by atoms with Crippen LogP contribution < -0.4 is 4.90 Å². The summed E-state index contributed by atoms with van der Waals surface area (Å²) in [6.45, 7) is 6.10. The quantitative estimate of drug-likeness (QED) is 0.102. The van der Waals surface area contributed by atoms with Crippen LogP contribution in [0, 0.1) is 40.1 Å². The van der Waals surface area contributed by atoms with Crippen LogP contribution in [0.1, 0.15) is 88.5 Å². The molecule has 0 fully saturated rings. The first-order chi connectivity index (χ1) is 20.9. The van der Waals surface area contributed by atoms with Crippen molar-refractivity contribution in [1.82, 2.24) is 9.78 Å². The molecule has 0 atom stereocenters. The van der Waals surface area contributed by atoms with Gasteiger partial charge in [-0.25, -0.2) is 17.9 Å². The highest BCUT2D eigenvalue weighted by Gasteiger charge is 2.35. The molecule has 0 unspecified atom stereocenters. The monoisotopic (exact) mass is 617 g/mol. The Bertz CT molecular complexity index is 1520. The standard InChI is InChI=1S/C31H33F6N7/c1-4-5-6-7-8-9-14-43(15-10-13-38)22-11-12-27(24(18-22)31(35,36)37)40-41-30-23(19-39)28(20(2)3)42-44(30)29-25(33)16-21(32)17-26(29)34/h11-12,16-18,20H,4-10,14-15H2,1-3H3. The smallest absolute Gasteiger partial charge is 0.370 e. The van der Waals surface area contributed by atoms with E-state index < -0.39 is 52.3 Å². The summed E-state index contributed by atoms with van der Waals surface area (Å²) in [6, 6.07) is 8.14. The molecule has 1 heterocycles. The lowest BCUT2D eigenvalue weighted by Gasteiger charge is -2.25. The number of nitriles is 2. The van der Waals surface area contributed by atoms with Gasteiger partial charge in [-0.15, -0.1) is 10.2 Å². The number of benzene rings is 2. The Balaban J connectivity index is 2.07. The molecule has 234 valence electrons. The van der Waals surface area contributed by atoms with Crippen molar-refractivity contribution < 1.29 is 26.3 Å². The van der Waals surface area contributed by atoms with Gasteiger partial charge in [0.2, 0.25) is 0 Å². The van der Waals surface area contributed by atoms with Gasteiger partial charge in [0.15, 0.2) is 17.5 Å². The highest BCUT2D eigenvalue weighted by atomic mass is 19.4. The van der Waals surface area contributed by atoms with Crippen LogP contribution in [-0.4, -0.2) is 22.9 Å². The van der Waals surface area contributed by atoms with Gasteiger partial charge in [0.1, 0.15) is 23.1 Å². The third-order valence-electron chi connectivity index (χ3n) is 6.92. The number of unbranched alkanes of at least 4 members (excludes halogenated alkanes) is 5. The molecule has 0 radical (unpaired) electrons. The molecule has 0 bridgehead atoms. The first-order valence-electron chi connectivity index (χ1n) is 14.4. The second kappa shape index (κ2) is 15.4. The van der Waals surface area contributed by atoms with Gasteiger partial charge in [0.25, 0.3) is 0 Å². The topological polar surface area (TPSA) is 93.4 Å². The lowest BCUT2D eigenvalue weighted by Crippen LogP contribution is -2.26. The number of halogens is 6. The van der Waals surface area contributed by atoms with E-state index >= 15 is 0 Å². The summed E-state index contributed by atoms with van der Waals surface area (Å²) in [5.41, 5.74) is -2.53. The van der Waals surface area contributed by atoms with Crippen molar-refractivity contribution in [3.63, 3.8) is 0 Å². The van der Waals surface area contributed by atoms with Gasteiger partial charge in [-0.3, -0.25) is 0 Å². The highest BCUT2D eigenvalue weighted by Crippen LogP contribution is 2.40. The van der Waals surface area contributed by atoms with E-state index in [2.05, 4.69) is 22.3 Å². The lowest BCUT2D eigenvalue weighted by molar-refractivity contribution is -0.137. The van der Waals surface area contributed by atoms with Crippen LogP contribution in [0.5, 0.6) is 0 Å². The molecule has 0 aliphatic carbocycles. The summed E-state index contributed by atoms with van der Waals surface area (Å²) in [4.78, 5) is 1.72. The first-order valence-corrected chi connectivity index (χ1v) is 14.4. The Hall–Kier alpha value is -4.39. The summed E-state index contributed by atoms with van der Waals surface area (Å²) in [7, 11) is 0. The van der Waals surface area contributed by atoms with E-state index in [1.807, 2.05) is 12.1 Å². The fourth-order valence-electron chi connectivity index (χ4n) is 4.70. The van der Waals surface area contributed by atoms with Crippen molar-refractivity contribution in [2.24, 2.45) is 10.2 Å². The SMILES string of the molecule is CCCCCCCCN(CCC#N)c1ccc(N=Nc2c(C#N)c(C(C)C)nn2-c2c(F)cc(F)cc2F)c(C(F)(F)F)c1. The van der Waals surface area contributed by atoms with Gasteiger partial charge >= 0.3 is 6.18 Å². The molecule has 0 saturated heterocycles. The molecule has 1 aromatic heterocycles. The van der Waals surface area contributed by atoms with Crippen LogP contribution in [0.25, 0.3) is 5.69 Å². The summed E-state index contributed by atoms with van der Waals surface area (Å²) >= 11 is 0. The van der Waals surface area contributed by atoms with Crippen molar-refractivity contribution in [1.29, 1.82) is 10.5 Å². The molecule has 3 aromatic rings. The van der Waals surface area contributed by atoms with E-state index in [-0.39, 0.29) is 29.9 Å². The van der Waals surface area contributed by atoms with Crippen molar-refractivity contribution in [3.8, 4) is 17.8 Å². The van der Waals surface area contributed by atoms with Crippen LogP contribution in [0.2, 0.25) is 0 Å². The fourth-order valence-corrected chi connectivity index (χ4v) is 4.70. The second-order valence-corrected chi connectivity index (χ2v) is 10.5. The molecule has 3 rings (SSSR count). The molecule has 0 N–H and O–H groups in total. The van der Waals surface area contributed by atoms with Gasteiger partial charge < -0.3 is 4.90 Å². The third kappa shape index (κ3) is 8.37. The molecule has 0 aliphatic rings. The van der Waals surface area contributed by atoms with Gasteiger partial charge in [-0.05, 0) is 30.5 Å². The van der Waals surface area contributed by atoms with Crippen molar-refractivity contribution in [2.75, 3.05) is 18.0 Å². The molecule has 2 aromatic carbocycles. The minimum Gasteiger partial charge on any atom is -0.370 e. The Labute approximate surface area is 252 Å². The molecule has 0 aliphatic heterocycles. The Morgan fingerprint density at radius 3 is 2.18 bits per heavy atom. The Morgan fingerprint density at radius 2 is 1.59 bits per heavy atom. The Kier molecular flexibility index (Phi) is 11.9. The first kappa shape index (κ1) is 34.1. The number of aromatic nitrogens is 2. The van der Waals surface area contributed by atoms with E-state index in [0.717, 1.165) is 50.7 Å². The Morgan fingerprint density at radius 1 is 0.932 bits per heavy atom. The number of hydrogen-bond acceptors (Lipinski definition) is 6. The summed E-state index contributed by atoms with van der Waals surface area (Å²) < 4.78 is 86.4. The zero-order chi connectivity index (χ0) is 32.4. The summed E-state index contributed by atoms with van der Waals surface area (Å²) in [5.74, 6) is -4.87. The maximum Gasteiger partial charge on any atom is 0.418 e. The van der Waals surface area contributed by atoms with Crippen molar-refractivity contribution in [3.05, 3.63) is 64.6 Å². The normalized spacial score (nSPS) is 11.7.